The highest BCUT2D eigenvalue weighted by Gasteiger charge is 2.12. The molecule has 0 bridgehead atoms. The van der Waals surface area contributed by atoms with Crippen molar-refractivity contribution in [1.82, 2.24) is 4.98 Å². The molecule has 1 saturated heterocycles. The predicted molar refractivity (Wildman–Crippen MR) is 50.4 cm³/mol. The highest BCUT2D eigenvalue weighted by molar-refractivity contribution is 5.41. The van der Waals surface area contributed by atoms with Crippen LogP contribution in [0, 0.1) is 6.92 Å². The highest BCUT2D eigenvalue weighted by atomic mass is 15.2. The minimum absolute atomic E-state index is 1.15. The van der Waals surface area contributed by atoms with Gasteiger partial charge in [-0.2, -0.15) is 0 Å². The van der Waals surface area contributed by atoms with Crippen LogP contribution < -0.4 is 4.90 Å². The van der Waals surface area contributed by atoms with Gasteiger partial charge in [0.05, 0.1) is 0 Å². The number of pyridine rings is 1. The SMILES string of the molecule is Cc1ccnc(N2CCCC2)c1. The monoisotopic (exact) mass is 162 g/mol. The minimum atomic E-state index is 1.15. The summed E-state index contributed by atoms with van der Waals surface area (Å²) in [6.07, 6.45) is 4.52. The number of anilines is 1. The van der Waals surface area contributed by atoms with E-state index >= 15 is 0 Å². The van der Waals surface area contributed by atoms with Gasteiger partial charge in [0.1, 0.15) is 5.82 Å². The van der Waals surface area contributed by atoms with E-state index in [1.807, 2.05) is 12.3 Å². The summed E-state index contributed by atoms with van der Waals surface area (Å²) in [7, 11) is 0. The molecule has 1 aliphatic rings. The van der Waals surface area contributed by atoms with Crippen molar-refractivity contribution in [3.05, 3.63) is 23.9 Å². The van der Waals surface area contributed by atoms with E-state index < -0.39 is 0 Å². The average Bonchev–Trinajstić information content (AvgIpc) is 2.56. The van der Waals surface area contributed by atoms with E-state index in [1.54, 1.807) is 0 Å². The Kier molecular flexibility index (Phi) is 1.98. The summed E-state index contributed by atoms with van der Waals surface area (Å²) in [5.41, 5.74) is 1.30. The van der Waals surface area contributed by atoms with Crippen LogP contribution in [0.4, 0.5) is 5.82 Å². The lowest BCUT2D eigenvalue weighted by atomic mass is 10.3. The maximum atomic E-state index is 4.35. The van der Waals surface area contributed by atoms with Crippen molar-refractivity contribution in [3.63, 3.8) is 0 Å². The average molecular weight is 162 g/mol. The molecule has 0 amide bonds. The number of hydrogen-bond acceptors (Lipinski definition) is 2. The molecule has 1 aromatic rings. The molecule has 0 spiro atoms. The van der Waals surface area contributed by atoms with E-state index in [1.165, 1.54) is 31.5 Å². The summed E-state index contributed by atoms with van der Waals surface area (Å²) in [6.45, 7) is 4.47. The van der Waals surface area contributed by atoms with E-state index in [-0.39, 0.29) is 0 Å². The molecular weight excluding hydrogens is 148 g/mol. The van der Waals surface area contributed by atoms with Gasteiger partial charge in [-0.05, 0) is 37.5 Å². The topological polar surface area (TPSA) is 16.1 Å². The zero-order chi connectivity index (χ0) is 8.39. The molecule has 1 aromatic heterocycles. The van der Waals surface area contributed by atoms with Crippen LogP contribution in [0.2, 0.25) is 0 Å². The zero-order valence-corrected chi connectivity index (χ0v) is 7.45. The van der Waals surface area contributed by atoms with Crippen molar-refractivity contribution < 1.29 is 0 Å². The van der Waals surface area contributed by atoms with Crippen molar-refractivity contribution >= 4 is 5.82 Å². The molecular formula is C10H14N2. The molecule has 0 radical (unpaired) electrons. The van der Waals surface area contributed by atoms with Gasteiger partial charge in [0.2, 0.25) is 0 Å². The van der Waals surface area contributed by atoms with Crippen LogP contribution in [0.5, 0.6) is 0 Å². The lowest BCUT2D eigenvalue weighted by Gasteiger charge is -2.15. The Morgan fingerprint density at radius 2 is 2.08 bits per heavy atom. The molecule has 0 saturated carbocycles. The van der Waals surface area contributed by atoms with Crippen LogP contribution in [0.25, 0.3) is 0 Å². The van der Waals surface area contributed by atoms with Gasteiger partial charge in [0.15, 0.2) is 0 Å². The van der Waals surface area contributed by atoms with Gasteiger partial charge in [-0.3, -0.25) is 0 Å². The number of rotatable bonds is 1. The molecule has 2 heterocycles. The number of nitrogens with zero attached hydrogens (tertiary/aromatic N) is 2. The van der Waals surface area contributed by atoms with Gasteiger partial charge >= 0.3 is 0 Å². The summed E-state index contributed by atoms with van der Waals surface area (Å²) < 4.78 is 0. The maximum absolute atomic E-state index is 4.35. The maximum Gasteiger partial charge on any atom is 0.128 e. The van der Waals surface area contributed by atoms with E-state index in [9.17, 15) is 0 Å². The van der Waals surface area contributed by atoms with Crippen molar-refractivity contribution in [2.75, 3.05) is 18.0 Å². The molecule has 0 unspecified atom stereocenters. The summed E-state index contributed by atoms with van der Waals surface area (Å²) in [5, 5.41) is 0. The van der Waals surface area contributed by atoms with Gasteiger partial charge in [0.25, 0.3) is 0 Å². The third-order valence-corrected chi connectivity index (χ3v) is 2.33. The first-order valence-corrected chi connectivity index (χ1v) is 4.54. The fourth-order valence-electron chi connectivity index (χ4n) is 1.64. The number of aromatic nitrogens is 1. The lowest BCUT2D eigenvalue weighted by molar-refractivity contribution is 0.935. The zero-order valence-electron chi connectivity index (χ0n) is 7.45. The Bertz CT molecular complexity index is 264. The van der Waals surface area contributed by atoms with Gasteiger partial charge in [-0.15, -0.1) is 0 Å². The van der Waals surface area contributed by atoms with Gasteiger partial charge < -0.3 is 4.90 Å². The first-order valence-electron chi connectivity index (χ1n) is 4.54. The van der Waals surface area contributed by atoms with Crippen LogP contribution in [0.1, 0.15) is 18.4 Å². The minimum Gasteiger partial charge on any atom is -0.357 e. The summed E-state index contributed by atoms with van der Waals surface area (Å²) in [4.78, 5) is 6.70. The normalized spacial score (nSPS) is 16.9. The quantitative estimate of drug-likeness (QED) is 0.627. The Hall–Kier alpha value is -1.05. The van der Waals surface area contributed by atoms with Crippen molar-refractivity contribution in [3.8, 4) is 0 Å². The Labute approximate surface area is 73.2 Å². The van der Waals surface area contributed by atoms with E-state index in [0.29, 0.717) is 0 Å². The van der Waals surface area contributed by atoms with Gasteiger partial charge in [0, 0.05) is 19.3 Å². The van der Waals surface area contributed by atoms with Crippen molar-refractivity contribution in [2.24, 2.45) is 0 Å². The van der Waals surface area contributed by atoms with Crippen LogP contribution in [0.15, 0.2) is 18.3 Å². The van der Waals surface area contributed by atoms with Gasteiger partial charge in [-0.25, -0.2) is 4.98 Å². The fraction of sp³-hybridized carbons (Fsp3) is 0.500. The van der Waals surface area contributed by atoms with E-state index in [4.69, 9.17) is 0 Å². The van der Waals surface area contributed by atoms with E-state index in [0.717, 1.165) is 5.82 Å². The molecule has 0 aromatic carbocycles. The highest BCUT2D eigenvalue weighted by Crippen LogP contribution is 2.17. The molecule has 12 heavy (non-hydrogen) atoms. The fourth-order valence-corrected chi connectivity index (χ4v) is 1.64. The lowest BCUT2D eigenvalue weighted by Crippen LogP contribution is -2.18. The Morgan fingerprint density at radius 3 is 2.75 bits per heavy atom. The van der Waals surface area contributed by atoms with Crippen molar-refractivity contribution in [1.29, 1.82) is 0 Å². The first kappa shape index (κ1) is 7.59. The van der Waals surface area contributed by atoms with Gasteiger partial charge in [-0.1, -0.05) is 0 Å². The van der Waals surface area contributed by atoms with Crippen LogP contribution in [0.3, 0.4) is 0 Å². The Balaban J connectivity index is 2.21. The second-order valence-electron chi connectivity index (χ2n) is 3.39. The van der Waals surface area contributed by atoms with Crippen LogP contribution in [-0.4, -0.2) is 18.1 Å². The number of aryl methyl sites for hydroxylation is 1. The second-order valence-corrected chi connectivity index (χ2v) is 3.39. The van der Waals surface area contributed by atoms with Crippen LogP contribution in [-0.2, 0) is 0 Å². The molecule has 0 atom stereocenters. The first-order chi connectivity index (χ1) is 5.86. The van der Waals surface area contributed by atoms with E-state index in [2.05, 4.69) is 22.9 Å². The van der Waals surface area contributed by atoms with Crippen LogP contribution >= 0.6 is 0 Å². The smallest absolute Gasteiger partial charge is 0.128 e. The molecule has 0 N–H and O–H groups in total. The summed E-state index contributed by atoms with van der Waals surface area (Å²) in [5.74, 6) is 1.15. The second kappa shape index (κ2) is 3.13. The molecule has 1 aliphatic heterocycles. The van der Waals surface area contributed by atoms with Crippen molar-refractivity contribution in [2.45, 2.75) is 19.8 Å². The molecule has 2 rings (SSSR count). The molecule has 0 aliphatic carbocycles. The molecule has 2 heteroatoms. The molecule has 64 valence electrons. The predicted octanol–water partition coefficient (Wildman–Crippen LogP) is 1.99. The number of hydrogen-bond donors (Lipinski definition) is 0. The molecule has 1 fully saturated rings. The third kappa shape index (κ3) is 1.42. The Morgan fingerprint density at radius 1 is 1.33 bits per heavy atom. The summed E-state index contributed by atoms with van der Waals surface area (Å²) in [6, 6.07) is 4.20. The summed E-state index contributed by atoms with van der Waals surface area (Å²) >= 11 is 0. The molecule has 2 nitrogen and oxygen atoms in total. The largest absolute Gasteiger partial charge is 0.357 e. The standard InChI is InChI=1S/C10H14N2/c1-9-4-5-11-10(8-9)12-6-2-3-7-12/h4-5,8H,2-3,6-7H2,1H3. The third-order valence-electron chi connectivity index (χ3n) is 2.33.